The standard InChI is InChI=1S/C18H17ClF2N2O2/c1-3-23(4-2)18(25)13-7-6-12(10-15(13)19)22-17(24)14-9-11(20)5-8-16(14)21/h5-10H,3-4H2,1-2H3,(H,22,24). The van der Waals surface area contributed by atoms with Crippen molar-refractivity contribution in [2.45, 2.75) is 13.8 Å². The highest BCUT2D eigenvalue weighted by atomic mass is 35.5. The Balaban J connectivity index is 2.22. The fraction of sp³-hybridized carbons (Fsp3) is 0.222. The van der Waals surface area contributed by atoms with E-state index in [1.54, 1.807) is 4.90 Å². The minimum atomic E-state index is -0.835. The van der Waals surface area contributed by atoms with E-state index in [9.17, 15) is 18.4 Å². The summed E-state index contributed by atoms with van der Waals surface area (Å²) in [4.78, 5) is 26.0. The number of hydrogen-bond acceptors (Lipinski definition) is 2. The van der Waals surface area contributed by atoms with E-state index in [1.807, 2.05) is 13.8 Å². The Hall–Kier alpha value is -2.47. The molecule has 2 aromatic carbocycles. The Morgan fingerprint density at radius 3 is 2.32 bits per heavy atom. The predicted molar refractivity (Wildman–Crippen MR) is 93.0 cm³/mol. The van der Waals surface area contributed by atoms with Crippen LogP contribution in [-0.2, 0) is 0 Å². The second kappa shape index (κ2) is 8.07. The van der Waals surface area contributed by atoms with Crippen molar-refractivity contribution in [1.82, 2.24) is 4.90 Å². The summed E-state index contributed by atoms with van der Waals surface area (Å²) in [6.07, 6.45) is 0. The van der Waals surface area contributed by atoms with Crippen LogP contribution in [0.15, 0.2) is 36.4 Å². The molecule has 2 amide bonds. The highest BCUT2D eigenvalue weighted by Crippen LogP contribution is 2.23. The van der Waals surface area contributed by atoms with Gasteiger partial charge in [-0.2, -0.15) is 0 Å². The van der Waals surface area contributed by atoms with E-state index in [1.165, 1.54) is 18.2 Å². The zero-order valence-electron chi connectivity index (χ0n) is 13.8. The van der Waals surface area contributed by atoms with Crippen molar-refractivity contribution in [2.24, 2.45) is 0 Å². The molecule has 7 heteroatoms. The molecule has 0 bridgehead atoms. The summed E-state index contributed by atoms with van der Waals surface area (Å²) in [7, 11) is 0. The Morgan fingerprint density at radius 1 is 1.04 bits per heavy atom. The van der Waals surface area contributed by atoms with E-state index >= 15 is 0 Å². The van der Waals surface area contributed by atoms with E-state index in [0.29, 0.717) is 18.7 Å². The van der Waals surface area contributed by atoms with Crippen LogP contribution in [0.3, 0.4) is 0 Å². The van der Waals surface area contributed by atoms with Gasteiger partial charge in [-0.05, 0) is 50.2 Å². The predicted octanol–water partition coefficient (Wildman–Crippen LogP) is 4.35. The molecule has 0 aliphatic rings. The number of halogens is 3. The molecule has 25 heavy (non-hydrogen) atoms. The van der Waals surface area contributed by atoms with Crippen LogP contribution in [0.2, 0.25) is 5.02 Å². The third-order valence-electron chi connectivity index (χ3n) is 3.68. The van der Waals surface area contributed by atoms with Gasteiger partial charge < -0.3 is 10.2 Å². The molecule has 2 aromatic rings. The minimum absolute atomic E-state index is 0.161. The van der Waals surface area contributed by atoms with Crippen LogP contribution in [0.25, 0.3) is 0 Å². The van der Waals surface area contributed by atoms with Crippen LogP contribution < -0.4 is 5.32 Å². The SMILES string of the molecule is CCN(CC)C(=O)c1ccc(NC(=O)c2cc(F)ccc2F)cc1Cl. The molecule has 0 saturated carbocycles. The molecule has 0 atom stereocenters. The molecule has 0 aliphatic carbocycles. The Morgan fingerprint density at radius 2 is 1.72 bits per heavy atom. The zero-order chi connectivity index (χ0) is 18.6. The van der Waals surface area contributed by atoms with E-state index in [4.69, 9.17) is 11.6 Å². The first kappa shape index (κ1) is 18.9. The average molecular weight is 367 g/mol. The molecule has 1 N–H and O–H groups in total. The molecule has 0 spiro atoms. The van der Waals surface area contributed by atoms with Gasteiger partial charge >= 0.3 is 0 Å². The molecule has 0 aromatic heterocycles. The highest BCUT2D eigenvalue weighted by molar-refractivity contribution is 6.34. The molecule has 0 radical (unpaired) electrons. The first-order chi connectivity index (χ1) is 11.9. The van der Waals surface area contributed by atoms with Crippen LogP contribution in [0.4, 0.5) is 14.5 Å². The van der Waals surface area contributed by atoms with Crippen LogP contribution in [0.5, 0.6) is 0 Å². The molecule has 0 heterocycles. The number of amides is 2. The third-order valence-corrected chi connectivity index (χ3v) is 3.99. The second-order valence-corrected chi connectivity index (χ2v) is 5.66. The summed E-state index contributed by atoms with van der Waals surface area (Å²) < 4.78 is 26.8. The molecular formula is C18H17ClF2N2O2. The lowest BCUT2D eigenvalue weighted by Gasteiger charge is -2.19. The number of anilines is 1. The molecule has 0 fully saturated rings. The van der Waals surface area contributed by atoms with Gasteiger partial charge in [0, 0.05) is 18.8 Å². The summed E-state index contributed by atoms with van der Waals surface area (Å²) >= 11 is 6.14. The Labute approximate surface area is 149 Å². The number of hydrogen-bond donors (Lipinski definition) is 1. The van der Waals surface area contributed by atoms with Crippen molar-refractivity contribution >= 4 is 29.1 Å². The fourth-order valence-electron chi connectivity index (χ4n) is 2.32. The van der Waals surface area contributed by atoms with Crippen molar-refractivity contribution in [2.75, 3.05) is 18.4 Å². The van der Waals surface area contributed by atoms with Gasteiger partial charge in [-0.25, -0.2) is 8.78 Å². The Bertz CT molecular complexity index is 808. The van der Waals surface area contributed by atoms with Gasteiger partial charge in [-0.15, -0.1) is 0 Å². The van der Waals surface area contributed by atoms with Crippen LogP contribution in [0.1, 0.15) is 34.6 Å². The monoisotopic (exact) mass is 366 g/mol. The first-order valence-corrected chi connectivity index (χ1v) is 8.10. The third kappa shape index (κ3) is 4.33. The molecule has 0 unspecified atom stereocenters. The van der Waals surface area contributed by atoms with Crippen molar-refractivity contribution in [1.29, 1.82) is 0 Å². The molecule has 0 saturated heterocycles. The number of rotatable bonds is 5. The van der Waals surface area contributed by atoms with Gasteiger partial charge in [-0.1, -0.05) is 11.6 Å². The smallest absolute Gasteiger partial charge is 0.258 e. The molecule has 2 rings (SSSR count). The molecular weight excluding hydrogens is 350 g/mol. The highest BCUT2D eigenvalue weighted by Gasteiger charge is 2.17. The maximum Gasteiger partial charge on any atom is 0.258 e. The molecule has 4 nitrogen and oxygen atoms in total. The van der Waals surface area contributed by atoms with Gasteiger partial charge in [0.2, 0.25) is 0 Å². The summed E-state index contributed by atoms with van der Waals surface area (Å²) in [6, 6.07) is 6.98. The van der Waals surface area contributed by atoms with Gasteiger partial charge in [0.25, 0.3) is 11.8 Å². The van der Waals surface area contributed by atoms with Gasteiger partial charge in [0.05, 0.1) is 16.1 Å². The van der Waals surface area contributed by atoms with E-state index in [2.05, 4.69) is 5.32 Å². The topological polar surface area (TPSA) is 49.4 Å². The average Bonchev–Trinajstić information content (AvgIpc) is 2.58. The van der Waals surface area contributed by atoms with E-state index in [-0.39, 0.29) is 16.6 Å². The lowest BCUT2D eigenvalue weighted by atomic mass is 10.1. The lowest BCUT2D eigenvalue weighted by molar-refractivity contribution is 0.0773. The van der Waals surface area contributed by atoms with Crippen molar-refractivity contribution in [3.63, 3.8) is 0 Å². The first-order valence-electron chi connectivity index (χ1n) is 7.72. The van der Waals surface area contributed by atoms with E-state index < -0.39 is 23.1 Å². The summed E-state index contributed by atoms with van der Waals surface area (Å²) in [6.45, 7) is 4.81. The maximum atomic E-state index is 13.6. The summed E-state index contributed by atoms with van der Waals surface area (Å²) in [5.41, 5.74) is 0.162. The Kier molecular flexibility index (Phi) is 6.09. The number of nitrogens with zero attached hydrogens (tertiary/aromatic N) is 1. The summed E-state index contributed by atoms with van der Waals surface area (Å²) in [5.74, 6) is -2.58. The zero-order valence-corrected chi connectivity index (χ0v) is 14.5. The largest absolute Gasteiger partial charge is 0.339 e. The van der Waals surface area contributed by atoms with Crippen LogP contribution in [-0.4, -0.2) is 29.8 Å². The van der Waals surface area contributed by atoms with Crippen molar-refractivity contribution < 1.29 is 18.4 Å². The van der Waals surface area contributed by atoms with E-state index in [0.717, 1.165) is 18.2 Å². The van der Waals surface area contributed by atoms with Crippen LogP contribution in [0, 0.1) is 11.6 Å². The number of carbonyl (C=O) groups excluding carboxylic acids is 2. The number of nitrogens with one attached hydrogen (secondary N) is 1. The van der Waals surface area contributed by atoms with Gasteiger partial charge in [-0.3, -0.25) is 9.59 Å². The lowest BCUT2D eigenvalue weighted by Crippen LogP contribution is -2.30. The quantitative estimate of drug-likeness (QED) is 0.855. The molecule has 132 valence electrons. The maximum absolute atomic E-state index is 13.6. The number of benzene rings is 2. The minimum Gasteiger partial charge on any atom is -0.339 e. The normalized spacial score (nSPS) is 10.4. The summed E-state index contributed by atoms with van der Waals surface area (Å²) in [5, 5.41) is 2.60. The number of carbonyl (C=O) groups is 2. The second-order valence-electron chi connectivity index (χ2n) is 5.25. The van der Waals surface area contributed by atoms with Gasteiger partial charge in [0.1, 0.15) is 11.6 Å². The van der Waals surface area contributed by atoms with Gasteiger partial charge in [0.15, 0.2) is 0 Å². The molecule has 0 aliphatic heterocycles. The van der Waals surface area contributed by atoms with Crippen molar-refractivity contribution in [3.05, 3.63) is 64.2 Å². The fourth-order valence-corrected chi connectivity index (χ4v) is 2.58. The van der Waals surface area contributed by atoms with Crippen LogP contribution >= 0.6 is 11.6 Å². The van der Waals surface area contributed by atoms with Crippen molar-refractivity contribution in [3.8, 4) is 0 Å².